The first-order valence-corrected chi connectivity index (χ1v) is 4.52. The molecule has 3 nitrogen and oxygen atoms in total. The van der Waals surface area contributed by atoms with E-state index >= 15 is 0 Å². The van der Waals surface area contributed by atoms with Gasteiger partial charge in [0.05, 0.1) is 6.21 Å². The van der Waals surface area contributed by atoms with Crippen molar-refractivity contribution in [1.82, 2.24) is 0 Å². The van der Waals surface area contributed by atoms with Gasteiger partial charge >= 0.3 is 0 Å². The summed E-state index contributed by atoms with van der Waals surface area (Å²) in [7, 11) is 0. The smallest absolute Gasteiger partial charge is 0.147 e. The Morgan fingerprint density at radius 3 is 2.42 bits per heavy atom. The van der Waals surface area contributed by atoms with Gasteiger partial charge < -0.3 is 0 Å². The molecule has 1 aliphatic rings. The summed E-state index contributed by atoms with van der Waals surface area (Å²) in [5.74, 6) is 0.827. The van der Waals surface area contributed by atoms with Crippen molar-refractivity contribution in [3.8, 4) is 0 Å². The van der Waals surface area contributed by atoms with E-state index < -0.39 is 0 Å². The zero-order valence-corrected chi connectivity index (χ0v) is 7.96. The highest BCUT2D eigenvalue weighted by molar-refractivity contribution is 6.17. The molecule has 0 radical (unpaired) electrons. The van der Waals surface area contributed by atoms with Gasteiger partial charge in [-0.25, -0.2) is 0 Å². The van der Waals surface area contributed by atoms with Crippen molar-refractivity contribution in [3.63, 3.8) is 0 Å². The van der Waals surface area contributed by atoms with Crippen LogP contribution in [0.15, 0.2) is 17.5 Å². The number of nitrogens with zero attached hydrogens (tertiary/aromatic N) is 1. The zero-order valence-electron chi connectivity index (χ0n) is 7.20. The molecule has 0 spiro atoms. The molecule has 0 N–H and O–H groups in total. The van der Waals surface area contributed by atoms with Crippen molar-refractivity contribution in [2.45, 2.75) is 26.2 Å². The summed E-state index contributed by atoms with van der Waals surface area (Å²) >= 11 is 5.38. The van der Waals surface area contributed by atoms with Gasteiger partial charge in [-0.3, -0.25) is 4.89 Å². The van der Waals surface area contributed by atoms with Crippen LogP contribution in [0.2, 0.25) is 0 Å². The second kappa shape index (κ2) is 10.3. The van der Waals surface area contributed by atoms with E-state index in [-0.39, 0.29) is 0 Å². The van der Waals surface area contributed by atoms with Crippen LogP contribution in [0, 0.1) is 0 Å². The fourth-order valence-electron chi connectivity index (χ4n) is 0.521. The summed E-state index contributed by atoms with van der Waals surface area (Å²) in [5.41, 5.74) is 0. The Morgan fingerprint density at radius 2 is 2.25 bits per heavy atom. The molecule has 0 saturated carbocycles. The third-order valence-electron chi connectivity index (χ3n) is 1.10. The van der Waals surface area contributed by atoms with Crippen LogP contribution >= 0.6 is 11.6 Å². The largest absolute Gasteiger partial charge is 0.275 e. The lowest BCUT2D eigenvalue weighted by molar-refractivity contribution is -0.251. The number of halogens is 1. The van der Waals surface area contributed by atoms with E-state index in [4.69, 9.17) is 11.6 Å². The van der Waals surface area contributed by atoms with Gasteiger partial charge in [0, 0.05) is 5.88 Å². The molecule has 1 aliphatic heterocycles. The Labute approximate surface area is 77.9 Å². The number of alkyl halides is 1. The SMILES string of the molecule is C1=COON=C1.CCCCCCl. The van der Waals surface area contributed by atoms with E-state index in [1.165, 1.54) is 31.7 Å². The lowest BCUT2D eigenvalue weighted by atomic mass is 10.3. The normalized spacial score (nSPS) is 12.5. The Hall–Kier alpha value is -0.700. The van der Waals surface area contributed by atoms with E-state index in [9.17, 15) is 0 Å². The maximum Gasteiger partial charge on any atom is 0.147 e. The van der Waals surface area contributed by atoms with E-state index in [0.717, 1.165) is 5.88 Å². The summed E-state index contributed by atoms with van der Waals surface area (Å²) in [4.78, 5) is 8.24. The predicted molar refractivity (Wildman–Crippen MR) is 50.0 cm³/mol. The van der Waals surface area contributed by atoms with Crippen molar-refractivity contribution in [2.24, 2.45) is 5.16 Å². The number of oxime groups is 1. The fourth-order valence-corrected chi connectivity index (χ4v) is 0.710. The molecule has 70 valence electrons. The zero-order chi connectivity index (χ0) is 9.07. The molecular weight excluding hydrogens is 178 g/mol. The van der Waals surface area contributed by atoms with Gasteiger partial charge in [0.2, 0.25) is 0 Å². The summed E-state index contributed by atoms with van der Waals surface area (Å²) in [6.07, 6.45) is 8.24. The van der Waals surface area contributed by atoms with Crippen molar-refractivity contribution in [1.29, 1.82) is 0 Å². The predicted octanol–water partition coefficient (Wildman–Crippen LogP) is 2.86. The molecule has 0 aromatic carbocycles. The Kier molecular flexibility index (Phi) is 9.70. The molecule has 0 fully saturated rings. The summed E-state index contributed by atoms with van der Waals surface area (Å²) in [5, 5.41) is 3.24. The highest BCUT2D eigenvalue weighted by atomic mass is 35.5. The molecule has 12 heavy (non-hydrogen) atoms. The average molecular weight is 192 g/mol. The molecule has 0 aliphatic carbocycles. The first kappa shape index (κ1) is 11.3. The molecule has 0 saturated heterocycles. The van der Waals surface area contributed by atoms with Crippen molar-refractivity contribution >= 4 is 17.8 Å². The van der Waals surface area contributed by atoms with E-state index in [0.29, 0.717) is 0 Å². The lowest BCUT2D eigenvalue weighted by Gasteiger charge is -1.92. The molecular formula is C8H14ClNO2. The van der Waals surface area contributed by atoms with Crippen molar-refractivity contribution < 1.29 is 9.88 Å². The van der Waals surface area contributed by atoms with Crippen LogP contribution in [-0.4, -0.2) is 12.1 Å². The molecule has 0 unspecified atom stereocenters. The first-order valence-electron chi connectivity index (χ1n) is 3.98. The van der Waals surface area contributed by atoms with Gasteiger partial charge in [0.15, 0.2) is 0 Å². The fraction of sp³-hybridized carbons (Fsp3) is 0.625. The minimum atomic E-state index is 0.827. The van der Waals surface area contributed by atoms with Crippen LogP contribution in [0.25, 0.3) is 0 Å². The third-order valence-corrected chi connectivity index (χ3v) is 1.37. The van der Waals surface area contributed by atoms with E-state index in [1.807, 2.05) is 0 Å². The highest BCUT2D eigenvalue weighted by Gasteiger charge is 1.77. The van der Waals surface area contributed by atoms with Crippen LogP contribution in [0.5, 0.6) is 0 Å². The number of hydrogen-bond donors (Lipinski definition) is 0. The average Bonchev–Trinajstić information content (AvgIpc) is 2.18. The molecule has 0 bridgehead atoms. The summed E-state index contributed by atoms with van der Waals surface area (Å²) in [6.45, 7) is 2.17. The summed E-state index contributed by atoms with van der Waals surface area (Å²) < 4.78 is 0. The van der Waals surface area contributed by atoms with Gasteiger partial charge in [-0.15, -0.1) is 11.6 Å². The van der Waals surface area contributed by atoms with Crippen LogP contribution < -0.4 is 0 Å². The second-order valence-electron chi connectivity index (χ2n) is 2.15. The monoisotopic (exact) mass is 191 g/mol. The van der Waals surface area contributed by atoms with Crippen LogP contribution in [-0.2, 0) is 9.88 Å². The molecule has 0 aromatic heterocycles. The van der Waals surface area contributed by atoms with Crippen molar-refractivity contribution in [2.75, 3.05) is 5.88 Å². The van der Waals surface area contributed by atoms with Crippen molar-refractivity contribution in [3.05, 3.63) is 12.3 Å². The van der Waals surface area contributed by atoms with Gasteiger partial charge in [-0.2, -0.15) is 4.99 Å². The number of unbranched alkanes of at least 4 members (excludes halogenated alkanes) is 2. The highest BCUT2D eigenvalue weighted by Crippen LogP contribution is 1.93. The standard InChI is InChI=1S/C5H11Cl.C3H3NO2/c1-2-3-4-5-6;1-2-4-6-5-3-1/h2-5H2,1H3;1-3H. The maximum atomic E-state index is 5.38. The minimum Gasteiger partial charge on any atom is -0.275 e. The van der Waals surface area contributed by atoms with Gasteiger partial charge in [0.25, 0.3) is 0 Å². The lowest BCUT2D eigenvalue weighted by Crippen LogP contribution is -1.82. The minimum absolute atomic E-state index is 0.827. The summed E-state index contributed by atoms with van der Waals surface area (Å²) in [6, 6.07) is 0. The number of hydrogen-bond acceptors (Lipinski definition) is 3. The molecule has 0 aromatic rings. The molecule has 0 atom stereocenters. The van der Waals surface area contributed by atoms with Gasteiger partial charge in [0.1, 0.15) is 6.26 Å². The van der Waals surface area contributed by atoms with Gasteiger partial charge in [-0.1, -0.05) is 19.8 Å². The Morgan fingerprint density at radius 1 is 1.42 bits per heavy atom. The molecule has 1 heterocycles. The topological polar surface area (TPSA) is 30.8 Å². The molecule has 4 heteroatoms. The Bertz CT molecular complexity index is 121. The number of rotatable bonds is 3. The quantitative estimate of drug-likeness (QED) is 0.390. The van der Waals surface area contributed by atoms with Crippen LogP contribution in [0.4, 0.5) is 0 Å². The van der Waals surface area contributed by atoms with Crippen LogP contribution in [0.3, 0.4) is 0 Å². The maximum absolute atomic E-state index is 5.38. The Balaban J connectivity index is 0.000000202. The first-order chi connectivity index (χ1) is 5.91. The number of allylic oxidation sites excluding steroid dienone is 1. The van der Waals surface area contributed by atoms with E-state index in [2.05, 4.69) is 22.0 Å². The third kappa shape index (κ3) is 9.30. The van der Waals surface area contributed by atoms with Gasteiger partial charge in [-0.05, 0) is 17.7 Å². The second-order valence-corrected chi connectivity index (χ2v) is 2.53. The van der Waals surface area contributed by atoms with E-state index in [1.54, 1.807) is 6.08 Å². The molecule has 0 amide bonds. The molecule has 1 rings (SSSR count). The van der Waals surface area contributed by atoms with Crippen LogP contribution in [0.1, 0.15) is 26.2 Å².